The van der Waals surface area contributed by atoms with Crippen LogP contribution in [0.2, 0.25) is 0 Å². The summed E-state index contributed by atoms with van der Waals surface area (Å²) in [6.07, 6.45) is 0. The highest BCUT2D eigenvalue weighted by Gasteiger charge is 2.27. The monoisotopic (exact) mass is 278 g/mol. The molecule has 20 heavy (non-hydrogen) atoms. The standard InChI is InChI=1S/C17H26O3/c1-11(18)20-15-10-14(19-8)12(16(2,3)4)9-13(15)17(5,6)7/h9-10H,1-8H3. The Morgan fingerprint density at radius 3 is 1.70 bits per heavy atom. The normalized spacial score (nSPS) is 12.2. The van der Waals surface area contributed by atoms with Gasteiger partial charge in [0.1, 0.15) is 11.5 Å². The van der Waals surface area contributed by atoms with Crippen LogP contribution >= 0.6 is 0 Å². The molecule has 0 atom stereocenters. The van der Waals surface area contributed by atoms with Crippen molar-refractivity contribution in [2.75, 3.05) is 7.11 Å². The van der Waals surface area contributed by atoms with E-state index in [9.17, 15) is 4.79 Å². The van der Waals surface area contributed by atoms with Gasteiger partial charge in [0.15, 0.2) is 0 Å². The molecule has 1 aromatic rings. The fraction of sp³-hybridized carbons (Fsp3) is 0.588. The molecule has 0 bridgehead atoms. The lowest BCUT2D eigenvalue weighted by Crippen LogP contribution is -2.19. The van der Waals surface area contributed by atoms with E-state index in [2.05, 4.69) is 47.6 Å². The molecule has 1 aromatic carbocycles. The Hall–Kier alpha value is -1.51. The van der Waals surface area contributed by atoms with E-state index in [4.69, 9.17) is 9.47 Å². The largest absolute Gasteiger partial charge is 0.496 e. The first-order chi connectivity index (χ1) is 8.96. The van der Waals surface area contributed by atoms with Gasteiger partial charge in [-0.1, -0.05) is 41.5 Å². The van der Waals surface area contributed by atoms with Crippen LogP contribution in [0.4, 0.5) is 0 Å². The Morgan fingerprint density at radius 1 is 0.900 bits per heavy atom. The van der Waals surface area contributed by atoms with Crippen LogP contribution < -0.4 is 9.47 Å². The van der Waals surface area contributed by atoms with E-state index in [-0.39, 0.29) is 16.8 Å². The summed E-state index contributed by atoms with van der Waals surface area (Å²) >= 11 is 0. The van der Waals surface area contributed by atoms with Gasteiger partial charge < -0.3 is 9.47 Å². The van der Waals surface area contributed by atoms with Crippen molar-refractivity contribution in [3.8, 4) is 11.5 Å². The molecule has 0 saturated carbocycles. The first-order valence-corrected chi connectivity index (χ1v) is 6.88. The molecule has 3 heteroatoms. The number of carbonyl (C=O) groups excluding carboxylic acids is 1. The third kappa shape index (κ3) is 3.75. The Labute approximate surface area is 122 Å². The van der Waals surface area contributed by atoms with Crippen molar-refractivity contribution in [2.24, 2.45) is 0 Å². The molecule has 0 heterocycles. The van der Waals surface area contributed by atoms with Gasteiger partial charge >= 0.3 is 5.97 Å². The molecular weight excluding hydrogens is 252 g/mol. The number of methoxy groups -OCH3 is 1. The van der Waals surface area contributed by atoms with Crippen molar-refractivity contribution >= 4 is 5.97 Å². The minimum atomic E-state index is -0.318. The highest BCUT2D eigenvalue weighted by atomic mass is 16.5. The summed E-state index contributed by atoms with van der Waals surface area (Å²) in [4.78, 5) is 11.3. The molecule has 0 spiro atoms. The number of benzene rings is 1. The molecule has 0 aromatic heterocycles. The van der Waals surface area contributed by atoms with Crippen molar-refractivity contribution in [3.05, 3.63) is 23.3 Å². The molecule has 112 valence electrons. The summed E-state index contributed by atoms with van der Waals surface area (Å²) in [5, 5.41) is 0. The SMILES string of the molecule is COc1cc(OC(C)=O)c(C(C)(C)C)cc1C(C)(C)C. The van der Waals surface area contributed by atoms with Crippen LogP contribution in [0.25, 0.3) is 0 Å². The average molecular weight is 278 g/mol. The van der Waals surface area contributed by atoms with E-state index in [0.29, 0.717) is 5.75 Å². The Morgan fingerprint density at radius 2 is 1.35 bits per heavy atom. The molecule has 1 rings (SSSR count). The highest BCUT2D eigenvalue weighted by Crippen LogP contribution is 2.41. The molecule has 0 unspecified atom stereocenters. The van der Waals surface area contributed by atoms with Crippen LogP contribution in [0.1, 0.15) is 59.6 Å². The number of carbonyl (C=O) groups is 1. The zero-order chi connectivity index (χ0) is 15.7. The van der Waals surface area contributed by atoms with Gasteiger partial charge in [0.05, 0.1) is 7.11 Å². The second-order valence-electron chi connectivity index (χ2n) is 7.14. The van der Waals surface area contributed by atoms with E-state index in [1.54, 1.807) is 7.11 Å². The van der Waals surface area contributed by atoms with Crippen LogP contribution in [0.3, 0.4) is 0 Å². The molecule has 0 amide bonds. The Balaban J connectivity index is 3.57. The van der Waals surface area contributed by atoms with Gasteiger partial charge in [0, 0.05) is 24.1 Å². The lowest BCUT2D eigenvalue weighted by atomic mass is 9.79. The summed E-state index contributed by atoms with van der Waals surface area (Å²) in [7, 11) is 1.64. The Bertz CT molecular complexity index is 502. The third-order valence-electron chi connectivity index (χ3n) is 3.17. The van der Waals surface area contributed by atoms with Crippen LogP contribution in [-0.4, -0.2) is 13.1 Å². The first-order valence-electron chi connectivity index (χ1n) is 6.88. The lowest BCUT2D eigenvalue weighted by Gasteiger charge is -2.28. The lowest BCUT2D eigenvalue weighted by molar-refractivity contribution is -0.131. The van der Waals surface area contributed by atoms with Gasteiger partial charge in [-0.15, -0.1) is 0 Å². The number of rotatable bonds is 2. The smallest absolute Gasteiger partial charge is 0.308 e. The van der Waals surface area contributed by atoms with Crippen LogP contribution in [0.15, 0.2) is 12.1 Å². The number of hydrogen-bond donors (Lipinski definition) is 0. The van der Waals surface area contributed by atoms with E-state index >= 15 is 0 Å². The van der Waals surface area contributed by atoms with Crippen LogP contribution in [0.5, 0.6) is 11.5 Å². The summed E-state index contributed by atoms with van der Waals surface area (Å²) in [6.45, 7) is 14.2. The molecule has 3 nitrogen and oxygen atoms in total. The molecular formula is C17H26O3. The van der Waals surface area contributed by atoms with Crippen LogP contribution in [-0.2, 0) is 15.6 Å². The van der Waals surface area contributed by atoms with Gasteiger partial charge in [-0.2, -0.15) is 0 Å². The second kappa shape index (κ2) is 5.47. The zero-order valence-electron chi connectivity index (χ0n) is 13.9. The first kappa shape index (κ1) is 16.5. The fourth-order valence-corrected chi connectivity index (χ4v) is 2.14. The zero-order valence-corrected chi connectivity index (χ0v) is 13.9. The van der Waals surface area contributed by atoms with E-state index in [1.807, 2.05) is 6.07 Å². The fourth-order valence-electron chi connectivity index (χ4n) is 2.14. The Kier molecular flexibility index (Phi) is 4.52. The molecule has 0 aliphatic rings. The summed E-state index contributed by atoms with van der Waals surface area (Å²) in [5.74, 6) is 1.01. The number of ether oxygens (including phenoxy) is 2. The van der Waals surface area contributed by atoms with Gasteiger partial charge in [-0.05, 0) is 16.9 Å². The van der Waals surface area contributed by atoms with Gasteiger partial charge in [-0.25, -0.2) is 0 Å². The third-order valence-corrected chi connectivity index (χ3v) is 3.17. The molecule has 0 aliphatic heterocycles. The minimum absolute atomic E-state index is 0.0416. The van der Waals surface area contributed by atoms with Crippen molar-refractivity contribution in [3.63, 3.8) is 0 Å². The highest BCUT2D eigenvalue weighted by molar-refractivity contribution is 5.70. The second-order valence-corrected chi connectivity index (χ2v) is 7.14. The van der Waals surface area contributed by atoms with Crippen LogP contribution in [0, 0.1) is 0 Å². The van der Waals surface area contributed by atoms with Gasteiger partial charge in [-0.3, -0.25) is 4.79 Å². The quantitative estimate of drug-likeness (QED) is 0.600. The number of esters is 1. The molecule has 0 N–H and O–H groups in total. The van der Waals surface area contributed by atoms with Gasteiger partial charge in [0.25, 0.3) is 0 Å². The summed E-state index contributed by atoms with van der Waals surface area (Å²) < 4.78 is 10.8. The molecule has 0 saturated heterocycles. The van der Waals surface area contributed by atoms with E-state index in [0.717, 1.165) is 16.9 Å². The topological polar surface area (TPSA) is 35.5 Å². The molecule has 0 fully saturated rings. The van der Waals surface area contributed by atoms with Crippen molar-refractivity contribution < 1.29 is 14.3 Å². The minimum Gasteiger partial charge on any atom is -0.496 e. The molecule has 0 aliphatic carbocycles. The van der Waals surface area contributed by atoms with Gasteiger partial charge in [0.2, 0.25) is 0 Å². The maximum absolute atomic E-state index is 11.3. The van der Waals surface area contributed by atoms with Crippen molar-refractivity contribution in [1.82, 2.24) is 0 Å². The van der Waals surface area contributed by atoms with Crippen molar-refractivity contribution in [2.45, 2.75) is 59.3 Å². The van der Waals surface area contributed by atoms with E-state index < -0.39 is 0 Å². The van der Waals surface area contributed by atoms with E-state index in [1.165, 1.54) is 6.92 Å². The maximum Gasteiger partial charge on any atom is 0.308 e. The average Bonchev–Trinajstić information content (AvgIpc) is 2.24. The maximum atomic E-state index is 11.3. The summed E-state index contributed by atoms with van der Waals surface area (Å²) in [6, 6.07) is 3.92. The predicted molar refractivity (Wildman–Crippen MR) is 81.7 cm³/mol. The summed E-state index contributed by atoms with van der Waals surface area (Å²) in [5.41, 5.74) is 1.97. The molecule has 0 radical (unpaired) electrons. The number of hydrogen-bond acceptors (Lipinski definition) is 3. The van der Waals surface area contributed by atoms with Crippen molar-refractivity contribution in [1.29, 1.82) is 0 Å². The predicted octanol–water partition coefficient (Wildman–Crippen LogP) is 4.22.